The summed E-state index contributed by atoms with van der Waals surface area (Å²) in [6.45, 7) is 1.92. The number of carbonyl (C=O) groups excluding carboxylic acids is 2. The molecule has 32 heavy (non-hydrogen) atoms. The summed E-state index contributed by atoms with van der Waals surface area (Å²) in [6.07, 6.45) is 1.95. The molecular weight excluding hydrogens is 412 g/mol. The van der Waals surface area contributed by atoms with Gasteiger partial charge in [-0.05, 0) is 54.8 Å². The van der Waals surface area contributed by atoms with Crippen LogP contribution in [-0.2, 0) is 14.3 Å². The summed E-state index contributed by atoms with van der Waals surface area (Å²) in [4.78, 5) is 25.9. The first-order valence-corrected chi connectivity index (χ1v) is 10.3. The normalized spacial score (nSPS) is 17.9. The molecule has 0 radical (unpaired) electrons. The maximum Gasteiger partial charge on any atom is 0.317 e. The number of carbonyl (C=O) groups is 2. The van der Waals surface area contributed by atoms with Crippen LogP contribution < -0.4 is 18.9 Å². The quantitative estimate of drug-likeness (QED) is 0.453. The van der Waals surface area contributed by atoms with Gasteiger partial charge in [-0.2, -0.15) is 0 Å². The minimum absolute atomic E-state index is 0.199. The van der Waals surface area contributed by atoms with Gasteiger partial charge in [-0.15, -0.1) is 0 Å². The Morgan fingerprint density at radius 1 is 0.906 bits per heavy atom. The van der Waals surface area contributed by atoms with Gasteiger partial charge in [0.05, 0.1) is 35.0 Å². The summed E-state index contributed by atoms with van der Waals surface area (Å²) < 4.78 is 26.8. The second kappa shape index (κ2) is 10.2. The number of ether oxygens (including phenoxy) is 5. The third-order valence-electron chi connectivity index (χ3n) is 5.60. The molecule has 2 aromatic rings. The van der Waals surface area contributed by atoms with Crippen molar-refractivity contribution in [2.45, 2.75) is 19.3 Å². The topological polar surface area (TPSA) is 80.3 Å². The number of methoxy groups -OCH3 is 4. The van der Waals surface area contributed by atoms with Crippen molar-refractivity contribution < 1.29 is 33.3 Å². The van der Waals surface area contributed by atoms with E-state index in [1.165, 1.54) is 6.08 Å². The highest BCUT2D eigenvalue weighted by atomic mass is 16.5. The highest BCUT2D eigenvalue weighted by Gasteiger charge is 2.40. The van der Waals surface area contributed by atoms with Crippen LogP contribution in [0.4, 0.5) is 0 Å². The van der Waals surface area contributed by atoms with E-state index in [-0.39, 0.29) is 12.4 Å². The van der Waals surface area contributed by atoms with Crippen LogP contribution in [0.25, 0.3) is 5.57 Å². The van der Waals surface area contributed by atoms with Gasteiger partial charge in [-0.25, -0.2) is 0 Å². The molecule has 0 heterocycles. The van der Waals surface area contributed by atoms with Gasteiger partial charge in [0, 0.05) is 17.5 Å². The zero-order valence-corrected chi connectivity index (χ0v) is 19.0. The van der Waals surface area contributed by atoms with E-state index in [1.807, 2.05) is 18.2 Å². The maximum absolute atomic E-state index is 13.2. The lowest BCUT2D eigenvalue weighted by atomic mass is 9.73. The van der Waals surface area contributed by atoms with Gasteiger partial charge in [0.1, 0.15) is 17.4 Å². The van der Waals surface area contributed by atoms with E-state index in [0.717, 1.165) is 16.7 Å². The number of esters is 1. The molecular formula is C25H28O7. The third kappa shape index (κ3) is 4.56. The molecule has 0 fully saturated rings. The molecule has 1 aliphatic carbocycles. The van der Waals surface area contributed by atoms with E-state index in [2.05, 4.69) is 0 Å². The highest BCUT2D eigenvalue weighted by Crippen LogP contribution is 2.44. The molecule has 7 nitrogen and oxygen atoms in total. The fourth-order valence-electron chi connectivity index (χ4n) is 4.03. The van der Waals surface area contributed by atoms with E-state index in [1.54, 1.807) is 53.6 Å². The Hall–Kier alpha value is -3.48. The van der Waals surface area contributed by atoms with Crippen molar-refractivity contribution in [2.75, 3.05) is 35.0 Å². The van der Waals surface area contributed by atoms with E-state index in [9.17, 15) is 9.59 Å². The summed E-state index contributed by atoms with van der Waals surface area (Å²) in [6, 6.07) is 10.9. The minimum Gasteiger partial charge on any atom is -0.497 e. The van der Waals surface area contributed by atoms with Gasteiger partial charge in [0.25, 0.3) is 0 Å². The number of benzene rings is 2. The lowest BCUT2D eigenvalue weighted by molar-refractivity contribution is -0.151. The molecule has 0 saturated carbocycles. The standard InChI is InChI=1S/C25H28O7/c1-6-32-25(27)24-19(15-7-10-21(29-3)23(13-15)31-5)11-16(12-20(24)26)18-9-8-17(28-2)14-22(18)30-4/h7-10,12-14,19,24H,6,11H2,1-5H3/t19-,24+/m0/s1. The van der Waals surface area contributed by atoms with Crippen molar-refractivity contribution in [3.63, 3.8) is 0 Å². The molecule has 0 bridgehead atoms. The van der Waals surface area contributed by atoms with Crippen LogP contribution in [-0.4, -0.2) is 46.8 Å². The van der Waals surface area contributed by atoms with Crippen LogP contribution in [0.15, 0.2) is 42.5 Å². The molecule has 1 aliphatic rings. The lowest BCUT2D eigenvalue weighted by Gasteiger charge is -2.30. The number of hydrogen-bond acceptors (Lipinski definition) is 7. The molecule has 0 N–H and O–H groups in total. The predicted molar refractivity (Wildman–Crippen MR) is 120 cm³/mol. The minimum atomic E-state index is -0.943. The largest absolute Gasteiger partial charge is 0.497 e. The fourth-order valence-corrected chi connectivity index (χ4v) is 4.03. The van der Waals surface area contributed by atoms with Crippen LogP contribution in [0.2, 0.25) is 0 Å². The molecule has 0 saturated heterocycles. The molecule has 7 heteroatoms. The van der Waals surface area contributed by atoms with Crippen LogP contribution in [0.1, 0.15) is 30.4 Å². The summed E-state index contributed by atoms with van der Waals surface area (Å²) >= 11 is 0. The van der Waals surface area contributed by atoms with Crippen molar-refractivity contribution in [3.8, 4) is 23.0 Å². The SMILES string of the molecule is CCOC(=O)[C@H]1C(=O)C=C(c2ccc(OC)cc2OC)C[C@H]1c1ccc(OC)c(OC)c1. The first-order valence-electron chi connectivity index (χ1n) is 10.3. The first-order chi connectivity index (χ1) is 15.5. The van der Waals surface area contributed by atoms with Crippen molar-refractivity contribution in [2.24, 2.45) is 5.92 Å². The van der Waals surface area contributed by atoms with E-state index in [4.69, 9.17) is 23.7 Å². The predicted octanol–water partition coefficient (Wildman–Crippen LogP) is 4.04. The van der Waals surface area contributed by atoms with Crippen LogP contribution in [0, 0.1) is 5.92 Å². The summed E-state index contributed by atoms with van der Waals surface area (Å²) in [7, 11) is 6.25. The maximum atomic E-state index is 13.2. The molecule has 0 aromatic heterocycles. The lowest BCUT2D eigenvalue weighted by Crippen LogP contribution is -2.34. The number of allylic oxidation sites excluding steroid dienone is 2. The molecule has 0 aliphatic heterocycles. The molecule has 3 rings (SSSR count). The van der Waals surface area contributed by atoms with E-state index in [0.29, 0.717) is 29.4 Å². The van der Waals surface area contributed by atoms with Crippen molar-refractivity contribution in [1.82, 2.24) is 0 Å². The molecule has 0 spiro atoms. The third-order valence-corrected chi connectivity index (χ3v) is 5.60. The number of ketones is 1. The molecule has 2 aromatic carbocycles. The average Bonchev–Trinajstić information content (AvgIpc) is 2.82. The summed E-state index contributed by atoms with van der Waals surface area (Å²) in [5.41, 5.74) is 2.33. The van der Waals surface area contributed by atoms with Gasteiger partial charge in [0.2, 0.25) is 0 Å². The Bertz CT molecular complexity index is 1020. The first kappa shape index (κ1) is 23.2. The van der Waals surface area contributed by atoms with Crippen molar-refractivity contribution in [3.05, 3.63) is 53.6 Å². The Morgan fingerprint density at radius 2 is 1.62 bits per heavy atom. The Balaban J connectivity index is 2.09. The summed E-state index contributed by atoms with van der Waals surface area (Å²) in [5.74, 6) is 0.112. The van der Waals surface area contributed by atoms with Gasteiger partial charge < -0.3 is 23.7 Å². The zero-order chi connectivity index (χ0) is 23.3. The molecule has 2 atom stereocenters. The van der Waals surface area contributed by atoms with E-state index >= 15 is 0 Å². The fraction of sp³-hybridized carbons (Fsp3) is 0.360. The van der Waals surface area contributed by atoms with Crippen molar-refractivity contribution >= 4 is 17.3 Å². The second-order valence-electron chi connectivity index (χ2n) is 7.29. The monoisotopic (exact) mass is 440 g/mol. The van der Waals surface area contributed by atoms with Gasteiger partial charge in [-0.3, -0.25) is 9.59 Å². The second-order valence-corrected chi connectivity index (χ2v) is 7.29. The Morgan fingerprint density at radius 3 is 2.25 bits per heavy atom. The smallest absolute Gasteiger partial charge is 0.317 e. The summed E-state index contributed by atoms with van der Waals surface area (Å²) in [5, 5.41) is 0. The zero-order valence-electron chi connectivity index (χ0n) is 19.0. The molecule has 0 unspecified atom stereocenters. The molecule has 0 amide bonds. The van der Waals surface area contributed by atoms with E-state index < -0.39 is 17.8 Å². The molecule has 170 valence electrons. The van der Waals surface area contributed by atoms with Crippen LogP contribution >= 0.6 is 0 Å². The highest BCUT2D eigenvalue weighted by molar-refractivity contribution is 6.11. The van der Waals surface area contributed by atoms with Crippen LogP contribution in [0.3, 0.4) is 0 Å². The van der Waals surface area contributed by atoms with Gasteiger partial charge in [0.15, 0.2) is 17.3 Å². The Labute approximate surface area is 187 Å². The number of hydrogen-bond donors (Lipinski definition) is 0. The number of rotatable bonds is 8. The average molecular weight is 440 g/mol. The van der Waals surface area contributed by atoms with Crippen molar-refractivity contribution in [1.29, 1.82) is 0 Å². The van der Waals surface area contributed by atoms with Crippen LogP contribution in [0.5, 0.6) is 23.0 Å². The van der Waals surface area contributed by atoms with Gasteiger partial charge in [-0.1, -0.05) is 6.07 Å². The Kier molecular flexibility index (Phi) is 7.41. The van der Waals surface area contributed by atoms with Gasteiger partial charge >= 0.3 is 5.97 Å².